The molecule has 0 amide bonds. The summed E-state index contributed by atoms with van der Waals surface area (Å²) >= 11 is 0. The highest BCUT2D eigenvalue weighted by atomic mass is 16.1. The van der Waals surface area contributed by atoms with Gasteiger partial charge < -0.3 is 4.90 Å². The second kappa shape index (κ2) is 8.04. The molecule has 19 heavy (non-hydrogen) atoms. The number of nitrogens with zero attached hydrogens (tertiary/aromatic N) is 1. The molecule has 0 atom stereocenters. The third-order valence-electron chi connectivity index (χ3n) is 4.59. The Balaban J connectivity index is 2.14. The van der Waals surface area contributed by atoms with E-state index in [1.807, 2.05) is 0 Å². The third kappa shape index (κ3) is 7.10. The van der Waals surface area contributed by atoms with Crippen LogP contribution in [0.15, 0.2) is 0 Å². The Morgan fingerprint density at radius 3 is 2.42 bits per heavy atom. The first kappa shape index (κ1) is 16.7. The molecule has 1 saturated heterocycles. The molecular weight excluding hydrogens is 234 g/mol. The van der Waals surface area contributed by atoms with Crippen LogP contribution in [0.3, 0.4) is 0 Å². The zero-order chi connectivity index (χ0) is 14.3. The quantitative estimate of drug-likeness (QED) is 0.654. The molecule has 112 valence electrons. The van der Waals surface area contributed by atoms with Crippen molar-refractivity contribution in [1.82, 2.24) is 4.90 Å². The normalized spacial score (nSPS) is 18.7. The summed E-state index contributed by atoms with van der Waals surface area (Å²) in [6.07, 6.45) is 8.86. The highest BCUT2D eigenvalue weighted by Crippen LogP contribution is 2.29. The van der Waals surface area contributed by atoms with Crippen molar-refractivity contribution < 1.29 is 4.79 Å². The number of hydrogen-bond acceptors (Lipinski definition) is 2. The van der Waals surface area contributed by atoms with Crippen molar-refractivity contribution in [2.45, 2.75) is 72.1 Å². The predicted octanol–water partition coefficient (Wildman–Crippen LogP) is 4.28. The van der Waals surface area contributed by atoms with Crippen molar-refractivity contribution in [3.8, 4) is 0 Å². The minimum atomic E-state index is 0.419. The fraction of sp³-hybridized carbons (Fsp3) is 0.941. The largest absolute Gasteiger partial charge is 0.306 e. The molecule has 0 bridgehead atoms. The van der Waals surface area contributed by atoms with Gasteiger partial charge in [-0.15, -0.1) is 0 Å². The van der Waals surface area contributed by atoms with Gasteiger partial charge >= 0.3 is 0 Å². The zero-order valence-corrected chi connectivity index (χ0v) is 13.5. The molecule has 1 rings (SSSR count). The van der Waals surface area contributed by atoms with Crippen LogP contribution < -0.4 is 0 Å². The van der Waals surface area contributed by atoms with E-state index in [4.69, 9.17) is 0 Å². The number of likely N-dealkylation sites (tertiary alicyclic amines) is 1. The van der Waals surface area contributed by atoms with E-state index in [0.29, 0.717) is 17.1 Å². The van der Waals surface area contributed by atoms with Gasteiger partial charge in [0.25, 0.3) is 0 Å². The second-order valence-electron chi connectivity index (χ2n) is 7.26. The summed E-state index contributed by atoms with van der Waals surface area (Å²) in [5.74, 6) is 1.16. The fourth-order valence-electron chi connectivity index (χ4n) is 3.26. The molecule has 1 aliphatic heterocycles. The van der Waals surface area contributed by atoms with E-state index in [2.05, 4.69) is 32.7 Å². The Bertz CT molecular complexity index is 264. The van der Waals surface area contributed by atoms with E-state index in [1.165, 1.54) is 45.2 Å². The zero-order valence-electron chi connectivity index (χ0n) is 13.5. The maximum atomic E-state index is 12.0. The van der Waals surface area contributed by atoms with Crippen LogP contribution in [0.25, 0.3) is 0 Å². The Labute approximate surface area is 119 Å². The minimum Gasteiger partial charge on any atom is -0.306 e. The van der Waals surface area contributed by atoms with Crippen LogP contribution in [-0.2, 0) is 4.79 Å². The van der Waals surface area contributed by atoms with Gasteiger partial charge in [0.15, 0.2) is 0 Å². The molecule has 0 aromatic rings. The maximum absolute atomic E-state index is 12.0. The lowest BCUT2D eigenvalue weighted by Gasteiger charge is -2.28. The van der Waals surface area contributed by atoms with Crippen molar-refractivity contribution in [1.29, 1.82) is 0 Å². The summed E-state index contributed by atoms with van der Waals surface area (Å²) in [5.41, 5.74) is 0.419. The van der Waals surface area contributed by atoms with Gasteiger partial charge in [-0.25, -0.2) is 0 Å². The van der Waals surface area contributed by atoms with Gasteiger partial charge in [0.05, 0.1) is 0 Å². The third-order valence-corrected chi connectivity index (χ3v) is 4.59. The maximum Gasteiger partial charge on any atom is 0.133 e. The van der Waals surface area contributed by atoms with Crippen LogP contribution in [-0.4, -0.2) is 30.8 Å². The summed E-state index contributed by atoms with van der Waals surface area (Å²) < 4.78 is 0. The van der Waals surface area contributed by atoms with Gasteiger partial charge in [-0.3, -0.25) is 4.79 Å². The van der Waals surface area contributed by atoms with Crippen molar-refractivity contribution in [3.05, 3.63) is 0 Å². The predicted molar refractivity (Wildman–Crippen MR) is 82.4 cm³/mol. The van der Waals surface area contributed by atoms with E-state index < -0.39 is 0 Å². The van der Waals surface area contributed by atoms with E-state index in [-0.39, 0.29) is 0 Å². The Morgan fingerprint density at radius 1 is 1.21 bits per heavy atom. The number of hydrogen-bond donors (Lipinski definition) is 0. The van der Waals surface area contributed by atoms with Crippen LogP contribution in [0.4, 0.5) is 0 Å². The Kier molecular flexibility index (Phi) is 7.06. The van der Waals surface area contributed by atoms with Gasteiger partial charge in [0, 0.05) is 12.8 Å². The van der Waals surface area contributed by atoms with Crippen LogP contribution >= 0.6 is 0 Å². The SMILES string of the molecule is CCCC(C)(C)CCCC(=O)CC1CCN(C)CC1. The molecule has 0 N–H and O–H groups in total. The molecule has 1 aliphatic rings. The molecule has 1 fully saturated rings. The monoisotopic (exact) mass is 267 g/mol. The lowest BCUT2D eigenvalue weighted by atomic mass is 9.82. The molecule has 1 heterocycles. The smallest absolute Gasteiger partial charge is 0.133 e. The standard InChI is InChI=1S/C17H33NO/c1-5-10-17(2,3)11-6-7-16(19)14-15-8-12-18(4)13-9-15/h15H,5-14H2,1-4H3. The van der Waals surface area contributed by atoms with Gasteiger partial charge in [-0.1, -0.05) is 27.2 Å². The number of Topliss-reactive ketones (excluding diaryl/α,β-unsaturated/α-hetero) is 1. The summed E-state index contributed by atoms with van der Waals surface area (Å²) in [5, 5.41) is 0. The highest BCUT2D eigenvalue weighted by Gasteiger charge is 2.20. The van der Waals surface area contributed by atoms with Crippen molar-refractivity contribution in [2.75, 3.05) is 20.1 Å². The number of carbonyl (C=O) groups excluding carboxylic acids is 1. The van der Waals surface area contributed by atoms with Gasteiger partial charge in [-0.05, 0) is 63.6 Å². The summed E-state index contributed by atoms with van der Waals surface area (Å²) in [7, 11) is 2.17. The first-order valence-corrected chi connectivity index (χ1v) is 8.13. The molecule has 0 unspecified atom stereocenters. The molecule has 0 radical (unpaired) electrons. The molecule has 0 aromatic carbocycles. The number of piperidine rings is 1. The summed E-state index contributed by atoms with van der Waals surface area (Å²) in [6.45, 7) is 9.24. The molecule has 0 aromatic heterocycles. The molecular formula is C17H33NO. The minimum absolute atomic E-state index is 0.419. The van der Waals surface area contributed by atoms with Crippen LogP contribution in [0.5, 0.6) is 0 Å². The van der Waals surface area contributed by atoms with E-state index >= 15 is 0 Å². The number of carbonyl (C=O) groups is 1. The van der Waals surface area contributed by atoms with E-state index in [9.17, 15) is 4.79 Å². The molecule has 2 nitrogen and oxygen atoms in total. The second-order valence-corrected chi connectivity index (χ2v) is 7.26. The van der Waals surface area contributed by atoms with Gasteiger partial charge in [-0.2, -0.15) is 0 Å². The number of rotatable bonds is 8. The van der Waals surface area contributed by atoms with Crippen LogP contribution in [0.2, 0.25) is 0 Å². The van der Waals surface area contributed by atoms with Crippen LogP contribution in [0, 0.1) is 11.3 Å². The summed E-state index contributed by atoms with van der Waals surface area (Å²) in [4.78, 5) is 14.4. The lowest BCUT2D eigenvalue weighted by molar-refractivity contribution is -0.120. The molecule has 0 aliphatic carbocycles. The van der Waals surface area contributed by atoms with Gasteiger partial charge in [0.1, 0.15) is 5.78 Å². The van der Waals surface area contributed by atoms with Crippen molar-refractivity contribution in [2.24, 2.45) is 11.3 Å². The first-order valence-electron chi connectivity index (χ1n) is 8.13. The number of ketones is 1. The Hall–Kier alpha value is -0.370. The average Bonchev–Trinajstić information content (AvgIpc) is 2.31. The fourth-order valence-corrected chi connectivity index (χ4v) is 3.26. The first-order chi connectivity index (χ1) is 8.93. The Morgan fingerprint density at radius 2 is 1.84 bits per heavy atom. The molecule has 0 spiro atoms. The van der Waals surface area contributed by atoms with Gasteiger partial charge in [0.2, 0.25) is 0 Å². The highest BCUT2D eigenvalue weighted by molar-refractivity contribution is 5.78. The van der Waals surface area contributed by atoms with Crippen molar-refractivity contribution in [3.63, 3.8) is 0 Å². The average molecular weight is 267 g/mol. The van der Waals surface area contributed by atoms with E-state index in [0.717, 1.165) is 19.3 Å². The molecule has 0 saturated carbocycles. The van der Waals surface area contributed by atoms with E-state index in [1.54, 1.807) is 0 Å². The lowest BCUT2D eigenvalue weighted by Crippen LogP contribution is -2.31. The topological polar surface area (TPSA) is 20.3 Å². The van der Waals surface area contributed by atoms with Crippen LogP contribution in [0.1, 0.15) is 72.1 Å². The molecule has 2 heteroatoms. The summed E-state index contributed by atoms with van der Waals surface area (Å²) in [6, 6.07) is 0. The van der Waals surface area contributed by atoms with Crippen molar-refractivity contribution >= 4 is 5.78 Å².